The number of benzene rings is 1. The molecule has 0 radical (unpaired) electrons. The molecular weight excluding hydrogens is 268 g/mol. The summed E-state index contributed by atoms with van der Waals surface area (Å²) >= 11 is 1.69. The minimum absolute atomic E-state index is 0.109. The van der Waals surface area contributed by atoms with Crippen molar-refractivity contribution in [3.05, 3.63) is 63.0 Å². The molecule has 4 rings (SSSR count). The molecule has 0 bridgehead atoms. The van der Waals surface area contributed by atoms with Crippen LogP contribution in [-0.2, 0) is 19.4 Å². The van der Waals surface area contributed by atoms with Gasteiger partial charge in [-0.25, -0.2) is 4.98 Å². The van der Waals surface area contributed by atoms with Crippen molar-refractivity contribution in [1.82, 2.24) is 9.55 Å². The van der Waals surface area contributed by atoms with Gasteiger partial charge in [0.25, 0.3) is 5.56 Å². The summed E-state index contributed by atoms with van der Waals surface area (Å²) in [6, 6.07) is 10.0. The van der Waals surface area contributed by atoms with Gasteiger partial charge >= 0.3 is 0 Å². The average Bonchev–Trinajstić information content (AvgIpc) is 3.03. The smallest absolute Gasteiger partial charge is 0.262 e. The van der Waals surface area contributed by atoms with Gasteiger partial charge in [-0.05, 0) is 30.4 Å². The Hall–Kier alpha value is -1.94. The zero-order valence-electron chi connectivity index (χ0n) is 11.0. The number of aromatic nitrogens is 2. The van der Waals surface area contributed by atoms with E-state index in [0.717, 1.165) is 28.6 Å². The molecule has 0 atom stereocenters. The Kier molecular flexibility index (Phi) is 2.70. The largest absolute Gasteiger partial charge is 0.294 e. The highest BCUT2D eigenvalue weighted by Crippen LogP contribution is 2.34. The van der Waals surface area contributed by atoms with Crippen molar-refractivity contribution in [2.75, 3.05) is 0 Å². The molecule has 0 saturated carbocycles. The fourth-order valence-electron chi connectivity index (χ4n) is 2.91. The standard InChI is InChI=1S/C16H14N2OS/c19-16-14-12-7-4-8-13(12)20-15(14)17-10-18(16)9-11-5-2-1-3-6-11/h1-3,5-6,10H,4,7-9H2. The molecule has 0 saturated heterocycles. The number of nitrogens with zero attached hydrogens (tertiary/aromatic N) is 2. The predicted octanol–water partition coefficient (Wildman–Crippen LogP) is 3.00. The van der Waals surface area contributed by atoms with Gasteiger partial charge in [-0.1, -0.05) is 30.3 Å². The van der Waals surface area contributed by atoms with Crippen LogP contribution in [0.25, 0.3) is 10.2 Å². The third kappa shape index (κ3) is 1.79. The van der Waals surface area contributed by atoms with Crippen LogP contribution in [0, 0.1) is 0 Å². The van der Waals surface area contributed by atoms with Gasteiger partial charge < -0.3 is 0 Å². The van der Waals surface area contributed by atoms with E-state index < -0.39 is 0 Å². The average molecular weight is 282 g/mol. The molecule has 2 heterocycles. The SMILES string of the molecule is O=c1c2c3c(sc2ncn1Cc1ccccc1)CCC3. The number of aryl methyl sites for hydroxylation is 2. The fourth-order valence-corrected chi connectivity index (χ4v) is 4.13. The van der Waals surface area contributed by atoms with Gasteiger partial charge in [0.15, 0.2) is 0 Å². The maximum absolute atomic E-state index is 12.7. The topological polar surface area (TPSA) is 34.9 Å². The summed E-state index contributed by atoms with van der Waals surface area (Å²) in [6.07, 6.45) is 4.99. The van der Waals surface area contributed by atoms with Crippen molar-refractivity contribution in [3.8, 4) is 0 Å². The quantitative estimate of drug-likeness (QED) is 0.724. The number of fused-ring (bicyclic) bond motifs is 3. The highest BCUT2D eigenvalue weighted by atomic mass is 32.1. The Labute approximate surface area is 120 Å². The van der Waals surface area contributed by atoms with Crippen molar-refractivity contribution >= 4 is 21.6 Å². The van der Waals surface area contributed by atoms with Gasteiger partial charge in [0.1, 0.15) is 4.83 Å². The molecule has 3 aromatic rings. The lowest BCUT2D eigenvalue weighted by Crippen LogP contribution is -2.21. The molecule has 2 aromatic heterocycles. The van der Waals surface area contributed by atoms with Crippen LogP contribution in [0.5, 0.6) is 0 Å². The highest BCUT2D eigenvalue weighted by Gasteiger charge is 2.21. The lowest BCUT2D eigenvalue weighted by Gasteiger charge is -2.05. The van der Waals surface area contributed by atoms with Crippen LogP contribution in [-0.4, -0.2) is 9.55 Å². The summed E-state index contributed by atoms with van der Waals surface area (Å²) in [4.78, 5) is 19.4. The van der Waals surface area contributed by atoms with Gasteiger partial charge in [0.05, 0.1) is 18.3 Å². The molecule has 0 spiro atoms. The summed E-state index contributed by atoms with van der Waals surface area (Å²) in [6.45, 7) is 0.591. The van der Waals surface area contributed by atoms with Crippen molar-refractivity contribution in [2.24, 2.45) is 0 Å². The third-order valence-electron chi connectivity index (χ3n) is 3.89. The van der Waals surface area contributed by atoms with Crippen molar-refractivity contribution in [3.63, 3.8) is 0 Å². The second-order valence-electron chi connectivity index (χ2n) is 5.20. The summed E-state index contributed by atoms with van der Waals surface area (Å²) in [7, 11) is 0. The summed E-state index contributed by atoms with van der Waals surface area (Å²) < 4.78 is 1.73. The molecule has 4 heteroatoms. The molecule has 1 aliphatic rings. The van der Waals surface area contributed by atoms with Gasteiger partial charge in [-0.15, -0.1) is 11.3 Å². The van der Waals surface area contributed by atoms with Crippen LogP contribution in [0.2, 0.25) is 0 Å². The third-order valence-corrected chi connectivity index (χ3v) is 5.09. The van der Waals surface area contributed by atoms with E-state index in [4.69, 9.17) is 0 Å². The van der Waals surface area contributed by atoms with E-state index in [1.54, 1.807) is 22.2 Å². The normalized spacial score (nSPS) is 13.8. The maximum atomic E-state index is 12.7. The number of rotatable bonds is 2. The Morgan fingerprint density at radius 1 is 1.20 bits per heavy atom. The second-order valence-corrected chi connectivity index (χ2v) is 6.28. The van der Waals surface area contributed by atoms with Gasteiger partial charge in [0, 0.05) is 4.88 Å². The molecule has 3 nitrogen and oxygen atoms in total. The molecule has 1 aromatic carbocycles. The minimum atomic E-state index is 0.109. The molecule has 0 N–H and O–H groups in total. The first-order valence-electron chi connectivity index (χ1n) is 6.86. The first-order chi connectivity index (χ1) is 9.83. The van der Waals surface area contributed by atoms with Gasteiger partial charge in [-0.3, -0.25) is 9.36 Å². The summed E-state index contributed by atoms with van der Waals surface area (Å²) in [5, 5.41) is 0.862. The first kappa shape index (κ1) is 11.9. The van der Waals surface area contributed by atoms with E-state index in [-0.39, 0.29) is 5.56 Å². The fraction of sp³-hybridized carbons (Fsp3) is 0.250. The molecular formula is C16H14N2OS. The van der Waals surface area contributed by atoms with Gasteiger partial charge in [-0.2, -0.15) is 0 Å². The zero-order valence-corrected chi connectivity index (χ0v) is 11.8. The van der Waals surface area contributed by atoms with E-state index in [1.165, 1.54) is 16.9 Å². The number of hydrogen-bond acceptors (Lipinski definition) is 3. The monoisotopic (exact) mass is 282 g/mol. The van der Waals surface area contributed by atoms with E-state index in [0.29, 0.717) is 6.54 Å². The Morgan fingerprint density at radius 3 is 2.90 bits per heavy atom. The van der Waals surface area contributed by atoms with Crippen LogP contribution in [0.3, 0.4) is 0 Å². The van der Waals surface area contributed by atoms with Crippen LogP contribution in [0.15, 0.2) is 41.5 Å². The minimum Gasteiger partial charge on any atom is -0.294 e. The summed E-state index contributed by atoms with van der Waals surface area (Å²) in [5.74, 6) is 0. The number of thiophene rings is 1. The second kappa shape index (κ2) is 4.56. The molecule has 0 unspecified atom stereocenters. The van der Waals surface area contributed by atoms with Crippen molar-refractivity contribution in [1.29, 1.82) is 0 Å². The van der Waals surface area contributed by atoms with Crippen LogP contribution >= 0.6 is 11.3 Å². The molecule has 20 heavy (non-hydrogen) atoms. The van der Waals surface area contributed by atoms with E-state index >= 15 is 0 Å². The predicted molar refractivity (Wildman–Crippen MR) is 81.4 cm³/mol. The van der Waals surface area contributed by atoms with Crippen LogP contribution in [0.4, 0.5) is 0 Å². The van der Waals surface area contributed by atoms with E-state index in [9.17, 15) is 4.79 Å². The van der Waals surface area contributed by atoms with Crippen molar-refractivity contribution < 1.29 is 0 Å². The first-order valence-corrected chi connectivity index (χ1v) is 7.68. The maximum Gasteiger partial charge on any atom is 0.262 e. The van der Waals surface area contributed by atoms with Crippen LogP contribution in [0.1, 0.15) is 22.4 Å². The van der Waals surface area contributed by atoms with E-state index in [1.807, 2.05) is 30.3 Å². The van der Waals surface area contributed by atoms with Gasteiger partial charge in [0.2, 0.25) is 0 Å². The Morgan fingerprint density at radius 2 is 2.05 bits per heavy atom. The molecule has 1 aliphatic carbocycles. The molecule has 0 fully saturated rings. The zero-order chi connectivity index (χ0) is 13.5. The lowest BCUT2D eigenvalue weighted by atomic mass is 10.2. The van der Waals surface area contributed by atoms with Crippen LogP contribution < -0.4 is 5.56 Å². The highest BCUT2D eigenvalue weighted by molar-refractivity contribution is 7.18. The lowest BCUT2D eigenvalue weighted by molar-refractivity contribution is 0.748. The molecule has 0 aliphatic heterocycles. The molecule has 0 amide bonds. The Balaban J connectivity index is 1.85. The van der Waals surface area contributed by atoms with E-state index in [2.05, 4.69) is 4.98 Å². The summed E-state index contributed by atoms with van der Waals surface area (Å²) in [5.41, 5.74) is 2.49. The van der Waals surface area contributed by atoms with Crippen molar-refractivity contribution in [2.45, 2.75) is 25.8 Å². The molecule has 100 valence electrons. The number of hydrogen-bond donors (Lipinski definition) is 0. The Bertz CT molecular complexity index is 833.